The summed E-state index contributed by atoms with van der Waals surface area (Å²) in [6.45, 7) is 0. The first kappa shape index (κ1) is 14.0. The minimum Gasteiger partial charge on any atom is -0.495 e. The second-order valence-corrected chi connectivity index (χ2v) is 4.43. The first-order chi connectivity index (χ1) is 9.60. The van der Waals surface area contributed by atoms with Gasteiger partial charge < -0.3 is 21.1 Å². The number of hydrogen-bond donors (Lipinski definition) is 3. The summed E-state index contributed by atoms with van der Waals surface area (Å²) in [6, 6.07) is 11.5. The molecule has 20 heavy (non-hydrogen) atoms. The van der Waals surface area contributed by atoms with E-state index >= 15 is 0 Å². The number of benzene rings is 2. The van der Waals surface area contributed by atoms with Crippen molar-refractivity contribution in [3.05, 3.63) is 47.5 Å². The van der Waals surface area contributed by atoms with Crippen molar-refractivity contribution in [1.82, 2.24) is 0 Å². The average molecular weight is 292 g/mol. The van der Waals surface area contributed by atoms with E-state index in [4.69, 9.17) is 22.1 Å². The summed E-state index contributed by atoms with van der Waals surface area (Å²) in [5.74, 6) is 0.522. The Hall–Kier alpha value is -2.40. The van der Waals surface area contributed by atoms with Crippen molar-refractivity contribution < 1.29 is 9.53 Å². The quantitative estimate of drug-likeness (QED) is 0.757. The zero-order chi connectivity index (χ0) is 14.5. The van der Waals surface area contributed by atoms with Gasteiger partial charge in [0.1, 0.15) is 5.75 Å². The van der Waals surface area contributed by atoms with E-state index in [-0.39, 0.29) is 0 Å². The van der Waals surface area contributed by atoms with Crippen LogP contribution in [0.3, 0.4) is 0 Å². The average Bonchev–Trinajstić information content (AvgIpc) is 2.41. The summed E-state index contributed by atoms with van der Waals surface area (Å²) < 4.78 is 5.15. The third-order valence-corrected chi connectivity index (χ3v) is 2.92. The number of rotatable bonds is 3. The number of nitrogen functional groups attached to an aromatic ring is 1. The van der Waals surface area contributed by atoms with Crippen LogP contribution in [0.2, 0.25) is 5.02 Å². The molecule has 0 unspecified atom stereocenters. The third-order valence-electron chi connectivity index (χ3n) is 2.59. The fourth-order valence-corrected chi connectivity index (χ4v) is 1.84. The van der Waals surface area contributed by atoms with Gasteiger partial charge in [-0.1, -0.05) is 23.7 Å². The summed E-state index contributed by atoms with van der Waals surface area (Å²) in [4.78, 5) is 11.9. The van der Waals surface area contributed by atoms with Crippen LogP contribution in [-0.2, 0) is 0 Å². The number of methoxy groups -OCH3 is 1. The maximum absolute atomic E-state index is 11.9. The highest BCUT2D eigenvalue weighted by Gasteiger charge is 2.09. The number of nitrogens with one attached hydrogen (secondary N) is 2. The normalized spacial score (nSPS) is 9.90. The minimum atomic E-state index is -0.429. The number of halogens is 1. The predicted molar refractivity (Wildman–Crippen MR) is 81.5 cm³/mol. The number of amides is 2. The van der Waals surface area contributed by atoms with Crippen molar-refractivity contribution in [3.8, 4) is 5.75 Å². The molecule has 0 aliphatic heterocycles. The highest BCUT2D eigenvalue weighted by Crippen LogP contribution is 2.27. The molecule has 0 saturated heterocycles. The second kappa shape index (κ2) is 6.16. The van der Waals surface area contributed by atoms with E-state index < -0.39 is 6.03 Å². The van der Waals surface area contributed by atoms with Crippen molar-refractivity contribution in [2.24, 2.45) is 0 Å². The number of para-hydroxylation sites is 1. The Balaban J connectivity index is 2.12. The van der Waals surface area contributed by atoms with Crippen LogP contribution in [0.1, 0.15) is 0 Å². The van der Waals surface area contributed by atoms with Crippen molar-refractivity contribution in [1.29, 1.82) is 0 Å². The molecule has 0 bridgehead atoms. The Morgan fingerprint density at radius 3 is 2.55 bits per heavy atom. The number of carbonyl (C=O) groups excluding carboxylic acids is 1. The lowest BCUT2D eigenvalue weighted by molar-refractivity contribution is 0.262. The van der Waals surface area contributed by atoms with Crippen molar-refractivity contribution in [2.75, 3.05) is 23.5 Å². The molecule has 0 heterocycles. The van der Waals surface area contributed by atoms with Crippen LogP contribution >= 0.6 is 11.6 Å². The summed E-state index contributed by atoms with van der Waals surface area (Å²) in [6.07, 6.45) is 0. The van der Waals surface area contributed by atoms with Gasteiger partial charge in [-0.05, 0) is 30.3 Å². The van der Waals surface area contributed by atoms with Crippen molar-refractivity contribution in [2.45, 2.75) is 0 Å². The molecule has 0 fully saturated rings. The molecule has 0 aromatic heterocycles. The van der Waals surface area contributed by atoms with Crippen LogP contribution in [0.25, 0.3) is 0 Å². The van der Waals surface area contributed by atoms with Crippen molar-refractivity contribution >= 4 is 34.7 Å². The zero-order valence-corrected chi connectivity index (χ0v) is 11.6. The molecule has 2 aromatic carbocycles. The van der Waals surface area contributed by atoms with Crippen LogP contribution in [0.15, 0.2) is 42.5 Å². The van der Waals surface area contributed by atoms with Gasteiger partial charge in [-0.3, -0.25) is 0 Å². The zero-order valence-electron chi connectivity index (χ0n) is 10.8. The molecule has 2 amide bonds. The molecule has 0 atom stereocenters. The number of carbonyl (C=O) groups is 1. The molecule has 0 aliphatic rings. The Morgan fingerprint density at radius 1 is 1.15 bits per heavy atom. The first-order valence-electron chi connectivity index (χ1n) is 5.86. The molecule has 104 valence electrons. The molecule has 2 rings (SSSR count). The Labute approximate surface area is 121 Å². The van der Waals surface area contributed by atoms with E-state index in [0.717, 1.165) is 0 Å². The molecule has 0 saturated carbocycles. The van der Waals surface area contributed by atoms with Gasteiger partial charge in [0, 0.05) is 5.69 Å². The molecular weight excluding hydrogens is 278 g/mol. The minimum absolute atomic E-state index is 0.429. The smallest absolute Gasteiger partial charge is 0.323 e. The fraction of sp³-hybridized carbons (Fsp3) is 0.0714. The van der Waals surface area contributed by atoms with E-state index in [9.17, 15) is 4.79 Å². The molecule has 2 aromatic rings. The summed E-state index contributed by atoms with van der Waals surface area (Å²) >= 11 is 5.97. The lowest BCUT2D eigenvalue weighted by atomic mass is 10.2. The van der Waals surface area contributed by atoms with Gasteiger partial charge in [0.25, 0.3) is 0 Å². The number of ether oxygens (including phenoxy) is 1. The monoisotopic (exact) mass is 291 g/mol. The van der Waals surface area contributed by atoms with Gasteiger partial charge in [0.2, 0.25) is 0 Å². The number of anilines is 3. The highest BCUT2D eigenvalue weighted by atomic mass is 35.5. The molecule has 6 heteroatoms. The summed E-state index contributed by atoms with van der Waals surface area (Å²) in [5, 5.41) is 5.78. The number of nitrogens with two attached hydrogens (primary N) is 1. The fourth-order valence-electron chi connectivity index (χ4n) is 1.66. The third kappa shape index (κ3) is 3.33. The molecule has 4 N–H and O–H groups in total. The van der Waals surface area contributed by atoms with E-state index in [1.165, 1.54) is 7.11 Å². The molecule has 0 aliphatic carbocycles. The number of hydrogen-bond acceptors (Lipinski definition) is 3. The van der Waals surface area contributed by atoms with Gasteiger partial charge >= 0.3 is 6.03 Å². The topological polar surface area (TPSA) is 76.4 Å². The molecule has 0 spiro atoms. The van der Waals surface area contributed by atoms with E-state index in [0.29, 0.717) is 27.8 Å². The molecular formula is C14H14ClN3O2. The Bertz CT molecular complexity index is 632. The number of urea groups is 1. The van der Waals surface area contributed by atoms with Gasteiger partial charge in [-0.15, -0.1) is 0 Å². The standard InChI is InChI=1S/C14H14ClN3O2/c1-20-13-7-6-9(16)8-12(13)18-14(19)17-11-5-3-2-4-10(11)15/h2-8H,16H2,1H3,(H2,17,18,19). The van der Waals surface area contributed by atoms with Crippen molar-refractivity contribution in [3.63, 3.8) is 0 Å². The highest BCUT2D eigenvalue weighted by molar-refractivity contribution is 6.33. The summed E-state index contributed by atoms with van der Waals surface area (Å²) in [7, 11) is 1.52. The lowest BCUT2D eigenvalue weighted by Gasteiger charge is -2.12. The Morgan fingerprint density at radius 2 is 1.85 bits per heavy atom. The van der Waals surface area contributed by atoms with Crippen LogP contribution in [0.5, 0.6) is 5.75 Å². The second-order valence-electron chi connectivity index (χ2n) is 4.02. The first-order valence-corrected chi connectivity index (χ1v) is 6.24. The molecule has 0 radical (unpaired) electrons. The lowest BCUT2D eigenvalue weighted by Crippen LogP contribution is -2.20. The van der Waals surface area contributed by atoms with Crippen LogP contribution < -0.4 is 21.1 Å². The van der Waals surface area contributed by atoms with Crippen LogP contribution in [0.4, 0.5) is 21.9 Å². The molecule has 5 nitrogen and oxygen atoms in total. The van der Waals surface area contributed by atoms with Crippen LogP contribution in [0, 0.1) is 0 Å². The van der Waals surface area contributed by atoms with Gasteiger partial charge in [-0.25, -0.2) is 4.79 Å². The van der Waals surface area contributed by atoms with E-state index in [1.807, 2.05) is 0 Å². The summed E-state index contributed by atoms with van der Waals surface area (Å²) in [5.41, 5.74) is 7.22. The van der Waals surface area contributed by atoms with Crippen LogP contribution in [-0.4, -0.2) is 13.1 Å². The van der Waals surface area contributed by atoms with Gasteiger partial charge in [0.05, 0.1) is 23.5 Å². The maximum atomic E-state index is 11.9. The Kier molecular flexibility index (Phi) is 4.32. The van der Waals surface area contributed by atoms with E-state index in [2.05, 4.69) is 10.6 Å². The van der Waals surface area contributed by atoms with Gasteiger partial charge in [-0.2, -0.15) is 0 Å². The van der Waals surface area contributed by atoms with E-state index in [1.54, 1.807) is 42.5 Å². The predicted octanol–water partition coefficient (Wildman–Crippen LogP) is 3.57. The SMILES string of the molecule is COc1ccc(N)cc1NC(=O)Nc1ccccc1Cl. The largest absolute Gasteiger partial charge is 0.495 e. The maximum Gasteiger partial charge on any atom is 0.323 e. The van der Waals surface area contributed by atoms with Gasteiger partial charge in [0.15, 0.2) is 0 Å².